The lowest BCUT2D eigenvalue weighted by Gasteiger charge is -1.92. The Morgan fingerprint density at radius 3 is 2.71 bits per heavy atom. The molecule has 0 saturated heterocycles. The Bertz CT molecular complexity index is 523. The van der Waals surface area contributed by atoms with Crippen LogP contribution in [0.25, 0.3) is 0 Å². The van der Waals surface area contributed by atoms with Crippen molar-refractivity contribution in [1.82, 2.24) is 10.2 Å². The Kier molecular flexibility index (Phi) is 4.43. The topological polar surface area (TPSA) is 63.1 Å². The molecule has 0 unspecified atom stereocenters. The maximum Gasteiger partial charge on any atom is 0.345 e. The molecule has 0 saturated carbocycles. The number of carbonyl (C=O) groups is 1. The molecule has 0 fully saturated rings. The summed E-state index contributed by atoms with van der Waals surface area (Å²) in [6.45, 7) is 0. The Morgan fingerprint density at radius 2 is 2.12 bits per heavy atom. The number of carboxylic acids is 1. The number of thiophene rings is 1. The Morgan fingerprint density at radius 1 is 1.35 bits per heavy atom. The molecule has 2 aromatic heterocycles. The second-order valence-electron chi connectivity index (χ2n) is 2.90. The third kappa shape index (κ3) is 3.44. The number of carboxylic acid groups (broad SMARTS) is 1. The molecule has 2 heterocycles. The smallest absolute Gasteiger partial charge is 0.345 e. The Labute approximate surface area is 114 Å². The monoisotopic (exact) mass is 304 g/mol. The maximum atomic E-state index is 10.7. The van der Waals surface area contributed by atoms with E-state index in [2.05, 4.69) is 10.2 Å². The standard InChI is InChI=1S/C9H8N2O2S4/c1-14-8-10-11-9(17-8)15-4-5-2-3-6(16-5)7(12)13/h2-3H,4H2,1H3,(H,12,13). The molecule has 4 nitrogen and oxygen atoms in total. The van der Waals surface area contributed by atoms with E-state index in [1.807, 2.05) is 12.3 Å². The van der Waals surface area contributed by atoms with Crippen molar-refractivity contribution in [3.63, 3.8) is 0 Å². The van der Waals surface area contributed by atoms with E-state index in [4.69, 9.17) is 5.11 Å². The lowest BCUT2D eigenvalue weighted by molar-refractivity contribution is 0.0702. The normalized spacial score (nSPS) is 10.6. The van der Waals surface area contributed by atoms with Crippen molar-refractivity contribution in [2.24, 2.45) is 0 Å². The molecule has 0 radical (unpaired) electrons. The van der Waals surface area contributed by atoms with Crippen molar-refractivity contribution >= 4 is 52.2 Å². The number of nitrogens with zero attached hydrogens (tertiary/aromatic N) is 2. The molecule has 0 amide bonds. The van der Waals surface area contributed by atoms with Gasteiger partial charge >= 0.3 is 5.97 Å². The lowest BCUT2D eigenvalue weighted by Crippen LogP contribution is -1.89. The Balaban J connectivity index is 1.94. The summed E-state index contributed by atoms with van der Waals surface area (Å²) in [5.74, 6) is -0.132. The summed E-state index contributed by atoms with van der Waals surface area (Å²) in [4.78, 5) is 12.1. The molecule has 0 bridgehead atoms. The zero-order chi connectivity index (χ0) is 12.3. The quantitative estimate of drug-likeness (QED) is 0.855. The van der Waals surface area contributed by atoms with E-state index in [0.717, 1.165) is 19.3 Å². The zero-order valence-electron chi connectivity index (χ0n) is 8.74. The average Bonchev–Trinajstić information content (AvgIpc) is 2.95. The van der Waals surface area contributed by atoms with Crippen LogP contribution in [0.2, 0.25) is 0 Å². The summed E-state index contributed by atoms with van der Waals surface area (Å²) in [6, 6.07) is 3.48. The highest BCUT2D eigenvalue weighted by atomic mass is 32.2. The highest BCUT2D eigenvalue weighted by Crippen LogP contribution is 2.31. The van der Waals surface area contributed by atoms with Gasteiger partial charge in [-0.05, 0) is 18.4 Å². The largest absolute Gasteiger partial charge is 0.477 e. The Hall–Kier alpha value is -0.570. The van der Waals surface area contributed by atoms with E-state index in [9.17, 15) is 4.79 Å². The minimum atomic E-state index is -0.869. The van der Waals surface area contributed by atoms with Crippen LogP contribution in [0.1, 0.15) is 14.5 Å². The molecule has 0 aliphatic carbocycles. The average molecular weight is 304 g/mol. The molecular weight excluding hydrogens is 296 g/mol. The molecule has 0 aliphatic rings. The van der Waals surface area contributed by atoms with Crippen LogP contribution in [-0.4, -0.2) is 27.5 Å². The van der Waals surface area contributed by atoms with Crippen LogP contribution < -0.4 is 0 Å². The molecule has 90 valence electrons. The predicted octanol–water partition coefficient (Wildman–Crippen LogP) is 3.31. The van der Waals surface area contributed by atoms with Crippen molar-refractivity contribution in [2.45, 2.75) is 14.4 Å². The fourth-order valence-electron chi connectivity index (χ4n) is 1.04. The van der Waals surface area contributed by atoms with Crippen molar-refractivity contribution < 1.29 is 9.90 Å². The SMILES string of the molecule is CSc1nnc(SCc2ccc(C(=O)O)s2)s1. The van der Waals surface area contributed by atoms with Gasteiger partial charge < -0.3 is 5.11 Å². The fraction of sp³-hybridized carbons (Fsp3) is 0.222. The number of hydrogen-bond donors (Lipinski definition) is 1. The number of aromatic nitrogens is 2. The first-order valence-electron chi connectivity index (χ1n) is 4.51. The zero-order valence-corrected chi connectivity index (χ0v) is 12.0. The van der Waals surface area contributed by atoms with Gasteiger partial charge in [-0.2, -0.15) is 0 Å². The maximum absolute atomic E-state index is 10.7. The lowest BCUT2D eigenvalue weighted by atomic mass is 10.4. The first-order valence-corrected chi connectivity index (χ1v) is 8.35. The van der Waals surface area contributed by atoms with Crippen molar-refractivity contribution in [3.05, 3.63) is 21.9 Å². The third-order valence-corrected chi connectivity index (χ3v) is 6.11. The van der Waals surface area contributed by atoms with Crippen LogP contribution in [-0.2, 0) is 5.75 Å². The molecule has 17 heavy (non-hydrogen) atoms. The van der Waals surface area contributed by atoms with Gasteiger partial charge in [-0.3, -0.25) is 0 Å². The second-order valence-corrected chi connectivity index (χ2v) is 7.32. The van der Waals surface area contributed by atoms with E-state index >= 15 is 0 Å². The molecule has 1 N–H and O–H groups in total. The van der Waals surface area contributed by atoms with Crippen LogP contribution in [0.4, 0.5) is 0 Å². The molecule has 8 heteroatoms. The van der Waals surface area contributed by atoms with E-state index in [1.54, 1.807) is 40.9 Å². The van der Waals surface area contributed by atoms with Crippen molar-refractivity contribution in [3.8, 4) is 0 Å². The summed E-state index contributed by atoms with van der Waals surface area (Å²) in [5.41, 5.74) is 0. The minimum Gasteiger partial charge on any atom is -0.477 e. The molecule has 0 atom stereocenters. The van der Waals surface area contributed by atoms with Crippen LogP contribution in [0, 0.1) is 0 Å². The number of thioether (sulfide) groups is 2. The number of rotatable bonds is 5. The predicted molar refractivity (Wildman–Crippen MR) is 72.5 cm³/mol. The van der Waals surface area contributed by atoms with Crippen LogP contribution in [0.5, 0.6) is 0 Å². The summed E-state index contributed by atoms with van der Waals surface area (Å²) in [5, 5.41) is 16.8. The number of hydrogen-bond acceptors (Lipinski definition) is 7. The highest BCUT2D eigenvalue weighted by Gasteiger charge is 2.09. The molecular formula is C9H8N2O2S4. The van der Waals surface area contributed by atoms with E-state index in [0.29, 0.717) is 4.88 Å². The van der Waals surface area contributed by atoms with Gasteiger partial charge in [0.05, 0.1) is 0 Å². The van der Waals surface area contributed by atoms with Gasteiger partial charge in [0.1, 0.15) is 4.88 Å². The van der Waals surface area contributed by atoms with Gasteiger partial charge in [-0.1, -0.05) is 34.9 Å². The van der Waals surface area contributed by atoms with Gasteiger partial charge in [0.25, 0.3) is 0 Å². The summed E-state index contributed by atoms with van der Waals surface area (Å²) < 4.78 is 1.87. The summed E-state index contributed by atoms with van der Waals surface area (Å²) in [6.07, 6.45) is 1.97. The van der Waals surface area contributed by atoms with Gasteiger partial charge in [0, 0.05) is 10.6 Å². The van der Waals surface area contributed by atoms with Crippen LogP contribution in [0.15, 0.2) is 20.8 Å². The molecule has 0 spiro atoms. The minimum absolute atomic E-state index is 0.377. The third-order valence-electron chi connectivity index (χ3n) is 1.77. The van der Waals surface area contributed by atoms with Gasteiger partial charge in [-0.15, -0.1) is 21.5 Å². The second kappa shape index (κ2) is 5.85. The van der Waals surface area contributed by atoms with Crippen molar-refractivity contribution in [2.75, 3.05) is 6.26 Å². The van der Waals surface area contributed by atoms with E-state index in [1.165, 1.54) is 11.3 Å². The van der Waals surface area contributed by atoms with Crippen LogP contribution >= 0.6 is 46.2 Å². The molecule has 2 rings (SSSR count). The fourth-order valence-corrected chi connectivity index (χ4v) is 4.37. The first kappa shape index (κ1) is 12.9. The van der Waals surface area contributed by atoms with Gasteiger partial charge in [0.2, 0.25) is 0 Å². The van der Waals surface area contributed by atoms with E-state index < -0.39 is 5.97 Å². The molecule has 0 aromatic carbocycles. The highest BCUT2D eigenvalue weighted by molar-refractivity contribution is 8.02. The molecule has 0 aliphatic heterocycles. The molecule has 2 aromatic rings. The van der Waals surface area contributed by atoms with Crippen LogP contribution in [0.3, 0.4) is 0 Å². The summed E-state index contributed by atoms with van der Waals surface area (Å²) in [7, 11) is 0. The van der Waals surface area contributed by atoms with Gasteiger partial charge in [0.15, 0.2) is 8.68 Å². The van der Waals surface area contributed by atoms with Crippen molar-refractivity contribution in [1.29, 1.82) is 0 Å². The first-order chi connectivity index (χ1) is 8.19. The number of aromatic carboxylic acids is 1. The van der Waals surface area contributed by atoms with Gasteiger partial charge in [-0.25, -0.2) is 4.79 Å². The summed E-state index contributed by atoms with van der Waals surface area (Å²) >= 11 is 6.02. The van der Waals surface area contributed by atoms with E-state index in [-0.39, 0.29) is 0 Å².